The number of hydrogen-bond donors (Lipinski definition) is 0. The van der Waals surface area contributed by atoms with Gasteiger partial charge in [-0.25, -0.2) is 0 Å². The van der Waals surface area contributed by atoms with Gasteiger partial charge in [0.2, 0.25) is 0 Å². The first-order valence-electron chi connectivity index (χ1n) is 8.19. The van der Waals surface area contributed by atoms with Gasteiger partial charge >= 0.3 is 5.97 Å². The minimum Gasteiger partial charge on any atom is -0.479 e. The van der Waals surface area contributed by atoms with E-state index in [1.54, 1.807) is 6.08 Å². The molecule has 0 aliphatic carbocycles. The molecular formula is C19H17I2NO5S. The van der Waals surface area contributed by atoms with Crippen LogP contribution in [0.2, 0.25) is 0 Å². The number of carbonyl (C=O) groups is 3. The second kappa shape index (κ2) is 10.5. The molecule has 6 nitrogen and oxygen atoms in total. The van der Waals surface area contributed by atoms with E-state index in [0.717, 1.165) is 29.4 Å². The molecule has 148 valence electrons. The highest BCUT2D eigenvalue weighted by molar-refractivity contribution is 14.1. The average molecular weight is 625 g/mol. The van der Waals surface area contributed by atoms with Crippen molar-refractivity contribution in [3.63, 3.8) is 0 Å². The maximum absolute atomic E-state index is 12.5. The number of benzene rings is 1. The molecule has 1 aromatic rings. The zero-order chi connectivity index (χ0) is 20.8. The summed E-state index contributed by atoms with van der Waals surface area (Å²) in [4.78, 5) is 37.7. The highest BCUT2D eigenvalue weighted by Gasteiger charge is 2.36. The number of rotatable bonds is 7. The van der Waals surface area contributed by atoms with E-state index in [1.165, 1.54) is 0 Å². The predicted molar refractivity (Wildman–Crippen MR) is 125 cm³/mol. The molecule has 0 saturated carbocycles. The number of thioether (sulfide) groups is 1. The summed E-state index contributed by atoms with van der Waals surface area (Å²) in [5.74, 6) is 2.17. The fourth-order valence-corrected chi connectivity index (χ4v) is 5.10. The summed E-state index contributed by atoms with van der Waals surface area (Å²) in [6.07, 6.45) is 6.85. The lowest BCUT2D eigenvalue weighted by molar-refractivity contribution is -0.147. The summed E-state index contributed by atoms with van der Waals surface area (Å²) in [5, 5.41) is -0.490. The molecule has 0 atom stereocenters. The van der Waals surface area contributed by atoms with Crippen molar-refractivity contribution in [2.24, 2.45) is 5.92 Å². The third-order valence-corrected chi connectivity index (χ3v) is 5.87. The first-order valence-corrected chi connectivity index (χ1v) is 11.2. The van der Waals surface area contributed by atoms with Gasteiger partial charge in [-0.3, -0.25) is 19.3 Å². The minimum atomic E-state index is -0.601. The number of halogens is 2. The van der Waals surface area contributed by atoms with Crippen molar-refractivity contribution < 1.29 is 23.9 Å². The van der Waals surface area contributed by atoms with Gasteiger partial charge in [0, 0.05) is 0 Å². The van der Waals surface area contributed by atoms with Crippen molar-refractivity contribution >= 4 is 80.1 Å². The molecule has 1 fully saturated rings. The topological polar surface area (TPSA) is 72.9 Å². The second-order valence-corrected chi connectivity index (χ2v) is 9.47. The fraction of sp³-hybridized carbons (Fsp3) is 0.316. The van der Waals surface area contributed by atoms with Gasteiger partial charge in [0.1, 0.15) is 18.9 Å². The van der Waals surface area contributed by atoms with Crippen molar-refractivity contribution in [3.8, 4) is 18.1 Å². The Morgan fingerprint density at radius 3 is 2.54 bits per heavy atom. The molecular weight excluding hydrogens is 608 g/mol. The first kappa shape index (κ1) is 23.0. The molecule has 9 heteroatoms. The molecule has 0 aromatic heterocycles. The standard InChI is InChI=1S/C19H17I2NO5S/c1-4-5-26-17-13(20)6-12(7-14(17)21)8-15-18(24)22(19(25)28-15)9-16(23)27-10-11(2)3/h1,6-8,11H,5,9-10H2,2-3H3/b15-8-. The Morgan fingerprint density at radius 2 is 1.96 bits per heavy atom. The molecule has 0 radical (unpaired) electrons. The summed E-state index contributed by atoms with van der Waals surface area (Å²) < 4.78 is 12.2. The second-order valence-electron chi connectivity index (χ2n) is 6.15. The monoisotopic (exact) mass is 625 g/mol. The van der Waals surface area contributed by atoms with Crippen LogP contribution in [0.15, 0.2) is 17.0 Å². The first-order chi connectivity index (χ1) is 13.2. The van der Waals surface area contributed by atoms with E-state index in [9.17, 15) is 14.4 Å². The smallest absolute Gasteiger partial charge is 0.326 e. The average Bonchev–Trinajstić information content (AvgIpc) is 2.87. The maximum atomic E-state index is 12.5. The number of esters is 1. The van der Waals surface area contributed by atoms with Gasteiger partial charge in [-0.15, -0.1) is 6.42 Å². The van der Waals surface area contributed by atoms with E-state index >= 15 is 0 Å². The summed E-state index contributed by atoms with van der Waals surface area (Å²) >= 11 is 5.05. The lowest BCUT2D eigenvalue weighted by atomic mass is 10.2. The van der Waals surface area contributed by atoms with Gasteiger partial charge in [-0.1, -0.05) is 19.8 Å². The Labute approximate surface area is 195 Å². The number of nitrogens with zero attached hydrogens (tertiary/aromatic N) is 1. The van der Waals surface area contributed by atoms with Crippen molar-refractivity contribution in [2.75, 3.05) is 19.8 Å². The molecule has 0 spiro atoms. The van der Waals surface area contributed by atoms with Crippen molar-refractivity contribution in [1.29, 1.82) is 0 Å². The Hall–Kier alpha value is -1.26. The van der Waals surface area contributed by atoms with Gasteiger partial charge in [0.15, 0.2) is 0 Å². The quantitative estimate of drug-likeness (QED) is 0.197. The van der Waals surface area contributed by atoms with Crippen LogP contribution in [-0.4, -0.2) is 41.8 Å². The van der Waals surface area contributed by atoms with Crippen molar-refractivity contribution in [2.45, 2.75) is 13.8 Å². The molecule has 0 N–H and O–H groups in total. The van der Waals surface area contributed by atoms with E-state index in [0.29, 0.717) is 5.75 Å². The van der Waals surface area contributed by atoms with E-state index in [-0.39, 0.29) is 30.6 Å². The van der Waals surface area contributed by atoms with Gasteiger partial charge < -0.3 is 9.47 Å². The summed E-state index contributed by atoms with van der Waals surface area (Å²) in [6.45, 7) is 3.83. The van der Waals surface area contributed by atoms with Crippen LogP contribution in [0.25, 0.3) is 6.08 Å². The van der Waals surface area contributed by atoms with Crippen LogP contribution in [0, 0.1) is 25.4 Å². The molecule has 1 saturated heterocycles. The Bertz CT molecular complexity index is 853. The molecule has 0 bridgehead atoms. The van der Waals surface area contributed by atoms with Gasteiger partial charge in [-0.2, -0.15) is 0 Å². The molecule has 2 amide bonds. The minimum absolute atomic E-state index is 0.164. The largest absolute Gasteiger partial charge is 0.479 e. The third kappa shape index (κ3) is 6.12. The van der Waals surface area contributed by atoms with E-state index in [1.807, 2.05) is 26.0 Å². The van der Waals surface area contributed by atoms with Crippen LogP contribution in [-0.2, 0) is 14.3 Å². The number of imide groups is 1. The summed E-state index contributed by atoms with van der Waals surface area (Å²) in [6, 6.07) is 3.67. The Balaban J connectivity index is 2.15. The van der Waals surface area contributed by atoms with Crippen LogP contribution in [0.3, 0.4) is 0 Å². The molecule has 0 unspecified atom stereocenters. The van der Waals surface area contributed by atoms with Crippen LogP contribution >= 0.6 is 56.9 Å². The van der Waals surface area contributed by atoms with Gasteiger partial charge in [0.25, 0.3) is 11.1 Å². The van der Waals surface area contributed by atoms with E-state index in [2.05, 4.69) is 51.1 Å². The number of hydrogen-bond acceptors (Lipinski definition) is 6. The van der Waals surface area contributed by atoms with Crippen LogP contribution in [0.5, 0.6) is 5.75 Å². The Morgan fingerprint density at radius 1 is 1.32 bits per heavy atom. The SMILES string of the molecule is C#CCOc1c(I)cc(/C=C2\SC(=O)N(CC(=O)OCC(C)C)C2=O)cc1I. The third-order valence-electron chi connectivity index (χ3n) is 3.36. The Kier molecular flexibility index (Phi) is 8.63. The van der Waals surface area contributed by atoms with E-state index < -0.39 is 17.1 Å². The number of ether oxygens (including phenoxy) is 2. The van der Waals surface area contributed by atoms with Crippen molar-refractivity contribution in [3.05, 3.63) is 29.7 Å². The predicted octanol–water partition coefficient (Wildman–Crippen LogP) is 4.14. The molecule has 1 heterocycles. The fourth-order valence-electron chi connectivity index (χ4n) is 2.14. The van der Waals surface area contributed by atoms with Gasteiger partial charge in [0.05, 0.1) is 18.7 Å². The number of amides is 2. The van der Waals surface area contributed by atoms with Crippen LogP contribution in [0.4, 0.5) is 4.79 Å². The molecule has 1 aromatic carbocycles. The lowest BCUT2D eigenvalue weighted by Crippen LogP contribution is -2.34. The van der Waals surface area contributed by atoms with Gasteiger partial charge in [-0.05, 0) is 86.6 Å². The highest BCUT2D eigenvalue weighted by atomic mass is 127. The molecule has 1 aliphatic rings. The number of carbonyl (C=O) groups excluding carboxylic acids is 3. The molecule has 1 aliphatic heterocycles. The molecule has 28 heavy (non-hydrogen) atoms. The lowest BCUT2D eigenvalue weighted by Gasteiger charge is -2.12. The van der Waals surface area contributed by atoms with Crippen molar-refractivity contribution in [1.82, 2.24) is 4.90 Å². The molecule has 2 rings (SSSR count). The highest BCUT2D eigenvalue weighted by Crippen LogP contribution is 2.34. The summed E-state index contributed by atoms with van der Waals surface area (Å²) in [7, 11) is 0. The van der Waals surface area contributed by atoms with Crippen LogP contribution in [0.1, 0.15) is 19.4 Å². The zero-order valence-corrected chi connectivity index (χ0v) is 20.3. The maximum Gasteiger partial charge on any atom is 0.326 e. The zero-order valence-electron chi connectivity index (χ0n) is 15.2. The summed E-state index contributed by atoms with van der Waals surface area (Å²) in [5.41, 5.74) is 0.745. The normalized spacial score (nSPS) is 15.3. The van der Waals surface area contributed by atoms with E-state index in [4.69, 9.17) is 15.9 Å². The number of terminal acetylenes is 1. The van der Waals surface area contributed by atoms with Crippen LogP contribution < -0.4 is 4.74 Å².